The van der Waals surface area contributed by atoms with Crippen molar-refractivity contribution in [2.24, 2.45) is 0 Å². The van der Waals surface area contributed by atoms with Crippen LogP contribution in [0, 0.1) is 12.7 Å². The second kappa shape index (κ2) is 6.13. The van der Waals surface area contributed by atoms with Crippen molar-refractivity contribution in [2.45, 2.75) is 12.3 Å². The van der Waals surface area contributed by atoms with Crippen molar-refractivity contribution in [3.63, 3.8) is 0 Å². The van der Waals surface area contributed by atoms with Crippen LogP contribution >= 0.6 is 55.1 Å². The van der Waals surface area contributed by atoms with E-state index in [0.29, 0.717) is 15.1 Å². The van der Waals surface area contributed by atoms with Crippen molar-refractivity contribution in [1.82, 2.24) is 0 Å². The Balaban J connectivity index is 2.46. The zero-order chi connectivity index (χ0) is 14.2. The van der Waals surface area contributed by atoms with Gasteiger partial charge in [-0.1, -0.05) is 39.7 Å². The summed E-state index contributed by atoms with van der Waals surface area (Å²) in [5, 5.41) is -0.131. The predicted molar refractivity (Wildman–Crippen MR) is 85.7 cm³/mol. The van der Waals surface area contributed by atoms with Gasteiger partial charge in [0.05, 0.1) is 10.4 Å². The second-order valence-corrected chi connectivity index (χ2v) is 6.71. The Kier molecular flexibility index (Phi) is 4.93. The van der Waals surface area contributed by atoms with Crippen LogP contribution in [0.25, 0.3) is 0 Å². The first-order chi connectivity index (χ1) is 8.90. The highest BCUT2D eigenvalue weighted by atomic mass is 79.9. The van der Waals surface area contributed by atoms with Crippen molar-refractivity contribution < 1.29 is 4.39 Å². The summed E-state index contributed by atoms with van der Waals surface area (Å²) in [6.07, 6.45) is 0. The number of hydrogen-bond acceptors (Lipinski definition) is 0. The lowest BCUT2D eigenvalue weighted by atomic mass is 10.0. The molecule has 1 unspecified atom stereocenters. The Morgan fingerprint density at radius 2 is 1.79 bits per heavy atom. The minimum Gasteiger partial charge on any atom is -0.207 e. The molecule has 0 aromatic heterocycles. The highest BCUT2D eigenvalue weighted by molar-refractivity contribution is 9.10. The van der Waals surface area contributed by atoms with Gasteiger partial charge in [0.25, 0.3) is 0 Å². The van der Waals surface area contributed by atoms with E-state index < -0.39 is 5.38 Å². The number of hydrogen-bond donors (Lipinski definition) is 0. The van der Waals surface area contributed by atoms with Gasteiger partial charge in [-0.2, -0.15) is 0 Å². The molecule has 0 saturated carbocycles. The fourth-order valence-corrected chi connectivity index (χ4v) is 2.77. The van der Waals surface area contributed by atoms with E-state index >= 15 is 0 Å². The van der Waals surface area contributed by atoms with Crippen LogP contribution in [-0.4, -0.2) is 0 Å². The van der Waals surface area contributed by atoms with Gasteiger partial charge in [0.2, 0.25) is 0 Å². The molecule has 1 atom stereocenters. The average Bonchev–Trinajstić information content (AvgIpc) is 2.36. The van der Waals surface area contributed by atoms with Crippen molar-refractivity contribution in [2.75, 3.05) is 0 Å². The molecular formula is C14H9Br2Cl2F. The first kappa shape index (κ1) is 15.3. The molecular weight excluding hydrogens is 418 g/mol. The number of halogens is 5. The Labute approximate surface area is 138 Å². The van der Waals surface area contributed by atoms with Gasteiger partial charge in [-0.3, -0.25) is 0 Å². The molecule has 0 nitrogen and oxygen atoms in total. The number of rotatable bonds is 2. The molecule has 0 aliphatic carbocycles. The molecule has 2 aromatic rings. The summed E-state index contributed by atoms with van der Waals surface area (Å²) in [6, 6.07) is 8.58. The van der Waals surface area contributed by atoms with Crippen molar-refractivity contribution in [1.29, 1.82) is 0 Å². The highest BCUT2D eigenvalue weighted by Gasteiger charge is 2.17. The lowest BCUT2D eigenvalue weighted by Crippen LogP contribution is -1.98. The molecule has 0 heterocycles. The van der Waals surface area contributed by atoms with Crippen molar-refractivity contribution in [3.05, 3.63) is 66.8 Å². The smallest absolute Gasteiger partial charge is 0.129 e. The first-order valence-corrected chi connectivity index (χ1v) is 7.84. The molecule has 5 heteroatoms. The van der Waals surface area contributed by atoms with E-state index in [4.69, 9.17) is 23.2 Å². The molecule has 0 amide bonds. The summed E-state index contributed by atoms with van der Waals surface area (Å²) >= 11 is 19.0. The third-order valence-corrected chi connectivity index (χ3v) is 5.36. The second-order valence-electron chi connectivity index (χ2n) is 4.16. The normalized spacial score (nSPS) is 12.5. The molecule has 2 rings (SSSR count). The van der Waals surface area contributed by atoms with Crippen LogP contribution in [0.5, 0.6) is 0 Å². The summed E-state index contributed by atoms with van der Waals surface area (Å²) in [6.45, 7) is 1.96. The monoisotopic (exact) mass is 424 g/mol. The Bertz CT molecular complexity index is 629. The molecule has 0 radical (unpaired) electrons. The van der Waals surface area contributed by atoms with Gasteiger partial charge < -0.3 is 0 Å². The van der Waals surface area contributed by atoms with Crippen LogP contribution in [0.4, 0.5) is 4.39 Å². The summed E-state index contributed by atoms with van der Waals surface area (Å²) < 4.78 is 15.5. The molecule has 2 aromatic carbocycles. The summed E-state index contributed by atoms with van der Waals surface area (Å²) in [7, 11) is 0. The van der Waals surface area contributed by atoms with E-state index in [2.05, 4.69) is 31.9 Å². The SMILES string of the molecule is Cc1cc(C(Cl)c2cc(Cl)c(Br)cc2F)ccc1Br. The number of benzene rings is 2. The molecule has 0 fully saturated rings. The maximum absolute atomic E-state index is 14.0. The average molecular weight is 427 g/mol. The zero-order valence-corrected chi connectivity index (χ0v) is 14.5. The van der Waals surface area contributed by atoms with E-state index in [1.165, 1.54) is 6.07 Å². The number of alkyl halides is 1. The van der Waals surface area contributed by atoms with Gasteiger partial charge in [0, 0.05) is 14.5 Å². The molecule has 0 spiro atoms. The van der Waals surface area contributed by atoms with Gasteiger partial charge in [-0.05, 0) is 52.2 Å². The maximum Gasteiger partial charge on any atom is 0.129 e. The lowest BCUT2D eigenvalue weighted by molar-refractivity contribution is 0.611. The van der Waals surface area contributed by atoms with Crippen LogP contribution in [0.3, 0.4) is 0 Å². The van der Waals surface area contributed by atoms with Gasteiger partial charge in [-0.15, -0.1) is 11.6 Å². The van der Waals surface area contributed by atoms with Crippen LogP contribution in [0.15, 0.2) is 39.3 Å². The molecule has 0 aliphatic rings. The minimum absolute atomic E-state index is 0.372. The topological polar surface area (TPSA) is 0 Å². The van der Waals surface area contributed by atoms with E-state index in [-0.39, 0.29) is 5.82 Å². The predicted octanol–water partition coefficient (Wildman–Crippen LogP) is 6.64. The minimum atomic E-state index is -0.572. The fraction of sp³-hybridized carbons (Fsp3) is 0.143. The standard InChI is InChI=1S/C14H9Br2Cl2F/c1-7-4-8(2-3-10(7)15)14(18)9-5-12(17)11(16)6-13(9)19/h2-6,14H,1H3. The zero-order valence-electron chi connectivity index (χ0n) is 9.85. The maximum atomic E-state index is 14.0. The van der Waals surface area contributed by atoms with Gasteiger partial charge in [0.1, 0.15) is 5.82 Å². The molecule has 100 valence electrons. The van der Waals surface area contributed by atoms with Crippen LogP contribution in [-0.2, 0) is 0 Å². The van der Waals surface area contributed by atoms with E-state index in [0.717, 1.165) is 15.6 Å². The number of aryl methyl sites for hydroxylation is 1. The van der Waals surface area contributed by atoms with Gasteiger partial charge in [-0.25, -0.2) is 4.39 Å². The molecule has 0 aliphatic heterocycles. The van der Waals surface area contributed by atoms with E-state index in [1.807, 2.05) is 25.1 Å². The fourth-order valence-electron chi connectivity index (χ4n) is 1.74. The first-order valence-electron chi connectivity index (χ1n) is 5.44. The highest BCUT2D eigenvalue weighted by Crippen LogP contribution is 2.36. The molecule has 0 saturated heterocycles. The van der Waals surface area contributed by atoms with Crippen LogP contribution in [0.1, 0.15) is 22.1 Å². The van der Waals surface area contributed by atoms with Gasteiger partial charge in [0.15, 0.2) is 0 Å². The van der Waals surface area contributed by atoms with E-state index in [1.54, 1.807) is 6.07 Å². The lowest BCUT2D eigenvalue weighted by Gasteiger charge is -2.14. The Morgan fingerprint density at radius 3 is 2.42 bits per heavy atom. The Hall–Kier alpha value is -0.0900. The van der Waals surface area contributed by atoms with Gasteiger partial charge >= 0.3 is 0 Å². The third kappa shape index (κ3) is 3.33. The molecule has 0 N–H and O–H groups in total. The van der Waals surface area contributed by atoms with Crippen LogP contribution < -0.4 is 0 Å². The van der Waals surface area contributed by atoms with Crippen LogP contribution in [0.2, 0.25) is 5.02 Å². The molecule has 0 bridgehead atoms. The largest absolute Gasteiger partial charge is 0.207 e. The van der Waals surface area contributed by atoms with E-state index in [9.17, 15) is 4.39 Å². The van der Waals surface area contributed by atoms with Crippen molar-refractivity contribution in [3.8, 4) is 0 Å². The summed E-state index contributed by atoms with van der Waals surface area (Å²) in [4.78, 5) is 0. The van der Waals surface area contributed by atoms with Crippen molar-refractivity contribution >= 4 is 55.1 Å². The quantitative estimate of drug-likeness (QED) is 0.373. The summed E-state index contributed by atoms with van der Waals surface area (Å²) in [5.74, 6) is -0.378. The summed E-state index contributed by atoms with van der Waals surface area (Å²) in [5.41, 5.74) is 2.25. The third-order valence-electron chi connectivity index (χ3n) is 2.79. The molecule has 19 heavy (non-hydrogen) atoms. The Morgan fingerprint density at radius 1 is 1.11 bits per heavy atom.